The summed E-state index contributed by atoms with van der Waals surface area (Å²) in [5.41, 5.74) is 0.548. The Morgan fingerprint density at radius 1 is 1.46 bits per heavy atom. The Morgan fingerprint density at radius 3 is 3.04 bits per heavy atom. The van der Waals surface area contributed by atoms with E-state index in [-0.39, 0.29) is 24.0 Å². The fraction of sp³-hybridized carbons (Fsp3) is 0.650. The minimum atomic E-state index is -0.647. The van der Waals surface area contributed by atoms with Crippen molar-refractivity contribution in [1.82, 2.24) is 10.6 Å². The molecule has 1 aromatic carbocycles. The Bertz CT molecular complexity index is 640. The molecule has 6 nitrogen and oxygen atoms in total. The van der Waals surface area contributed by atoms with E-state index >= 15 is 0 Å². The lowest BCUT2D eigenvalue weighted by molar-refractivity contribution is 0.0778. The van der Waals surface area contributed by atoms with Crippen LogP contribution in [0.15, 0.2) is 29.3 Å². The van der Waals surface area contributed by atoms with Gasteiger partial charge in [0, 0.05) is 43.2 Å². The first-order valence-corrected chi connectivity index (χ1v) is 11.0. The molecule has 0 aliphatic carbocycles. The summed E-state index contributed by atoms with van der Waals surface area (Å²) >= 11 is 1.81. The van der Waals surface area contributed by atoms with Crippen molar-refractivity contribution in [3.8, 4) is 5.75 Å². The summed E-state index contributed by atoms with van der Waals surface area (Å²) in [7, 11) is 1.70. The Kier molecular flexibility index (Phi) is 9.49. The van der Waals surface area contributed by atoms with Crippen LogP contribution in [0.1, 0.15) is 26.2 Å². The Hall–Kier alpha value is -0.870. The molecular formula is C20H33IN4O2S. The average Bonchev–Trinajstić information content (AvgIpc) is 3.13. The van der Waals surface area contributed by atoms with Gasteiger partial charge in [0.2, 0.25) is 0 Å². The van der Waals surface area contributed by atoms with E-state index in [0.29, 0.717) is 12.6 Å². The van der Waals surface area contributed by atoms with E-state index in [1.54, 1.807) is 18.9 Å². The maximum atomic E-state index is 10.6. The van der Waals surface area contributed by atoms with Gasteiger partial charge in [-0.15, -0.1) is 24.0 Å². The van der Waals surface area contributed by atoms with Gasteiger partial charge in [-0.3, -0.25) is 4.99 Å². The van der Waals surface area contributed by atoms with Gasteiger partial charge >= 0.3 is 0 Å². The van der Waals surface area contributed by atoms with Crippen molar-refractivity contribution in [1.29, 1.82) is 0 Å². The number of rotatable bonds is 6. The van der Waals surface area contributed by atoms with Crippen molar-refractivity contribution in [3.05, 3.63) is 24.3 Å². The number of anilines is 1. The highest BCUT2D eigenvalue weighted by molar-refractivity contribution is 14.0. The molecule has 158 valence electrons. The van der Waals surface area contributed by atoms with Crippen LogP contribution < -0.4 is 20.3 Å². The van der Waals surface area contributed by atoms with Gasteiger partial charge in [-0.25, -0.2) is 0 Å². The number of piperidine rings is 1. The minimum Gasteiger partial charge on any atom is -0.497 e. The highest BCUT2D eigenvalue weighted by atomic mass is 127. The van der Waals surface area contributed by atoms with Gasteiger partial charge in [0.25, 0.3) is 0 Å². The molecule has 2 saturated heterocycles. The molecule has 0 amide bonds. The number of nitrogens with zero attached hydrogens (tertiary/aromatic N) is 2. The topological polar surface area (TPSA) is 69.1 Å². The monoisotopic (exact) mass is 520 g/mol. The van der Waals surface area contributed by atoms with Crippen LogP contribution in [0.2, 0.25) is 0 Å². The van der Waals surface area contributed by atoms with E-state index in [2.05, 4.69) is 39.6 Å². The second-order valence-corrected chi connectivity index (χ2v) is 8.46. The quantitative estimate of drug-likeness (QED) is 0.305. The number of ether oxygens (including phenoxy) is 1. The van der Waals surface area contributed by atoms with Crippen LogP contribution in [0, 0.1) is 0 Å². The number of hydrogen-bond donors (Lipinski definition) is 3. The molecular weight excluding hydrogens is 487 g/mol. The zero-order valence-corrected chi connectivity index (χ0v) is 20.0. The Balaban J connectivity index is 0.00000280. The average molecular weight is 520 g/mol. The van der Waals surface area contributed by atoms with Crippen molar-refractivity contribution in [2.45, 2.75) is 37.8 Å². The van der Waals surface area contributed by atoms with Gasteiger partial charge in [0.05, 0.1) is 19.3 Å². The lowest BCUT2D eigenvalue weighted by Crippen LogP contribution is -2.51. The molecule has 0 aromatic heterocycles. The zero-order valence-electron chi connectivity index (χ0n) is 16.8. The molecule has 2 aliphatic rings. The van der Waals surface area contributed by atoms with Crippen molar-refractivity contribution < 1.29 is 9.84 Å². The zero-order chi connectivity index (χ0) is 19.1. The lowest BCUT2D eigenvalue weighted by atomic mass is 10.0. The van der Waals surface area contributed by atoms with Crippen LogP contribution in [0.4, 0.5) is 5.69 Å². The second-order valence-electron chi connectivity index (χ2n) is 7.35. The number of hydrogen-bond acceptors (Lipinski definition) is 5. The number of aliphatic imine (C=N–C) groups is 1. The van der Waals surface area contributed by atoms with Crippen LogP contribution in [0.25, 0.3) is 0 Å². The van der Waals surface area contributed by atoms with E-state index < -0.39 is 5.60 Å². The predicted octanol–water partition coefficient (Wildman–Crippen LogP) is 2.71. The molecule has 1 aromatic rings. The van der Waals surface area contributed by atoms with E-state index in [1.807, 2.05) is 12.1 Å². The van der Waals surface area contributed by atoms with E-state index in [4.69, 9.17) is 4.74 Å². The molecule has 28 heavy (non-hydrogen) atoms. The molecule has 3 N–H and O–H groups in total. The molecule has 2 unspecified atom stereocenters. The van der Waals surface area contributed by atoms with Crippen LogP contribution in [0.5, 0.6) is 5.75 Å². The minimum absolute atomic E-state index is 0. The van der Waals surface area contributed by atoms with Gasteiger partial charge in [-0.2, -0.15) is 11.8 Å². The van der Waals surface area contributed by atoms with Crippen LogP contribution in [0.3, 0.4) is 0 Å². The van der Waals surface area contributed by atoms with Crippen LogP contribution >= 0.6 is 35.7 Å². The third-order valence-electron chi connectivity index (χ3n) is 5.14. The Morgan fingerprint density at radius 2 is 2.32 bits per heavy atom. The highest BCUT2D eigenvalue weighted by Gasteiger charge is 2.31. The van der Waals surface area contributed by atoms with Gasteiger partial charge < -0.3 is 25.4 Å². The first kappa shape index (κ1) is 23.4. The predicted molar refractivity (Wildman–Crippen MR) is 130 cm³/mol. The molecule has 0 spiro atoms. The SMILES string of the molecule is CCNC(=NCC1(O)CCSC1)NC1CCCN(c2cccc(OC)c2)C1.I. The van der Waals surface area contributed by atoms with Gasteiger partial charge in [0.1, 0.15) is 5.75 Å². The fourth-order valence-electron chi connectivity index (χ4n) is 3.60. The van der Waals surface area contributed by atoms with Gasteiger partial charge in [0.15, 0.2) is 5.96 Å². The number of aliphatic hydroxyl groups is 1. The van der Waals surface area contributed by atoms with Crippen molar-refractivity contribution in [2.24, 2.45) is 4.99 Å². The summed E-state index contributed by atoms with van der Waals surface area (Å²) < 4.78 is 5.36. The summed E-state index contributed by atoms with van der Waals surface area (Å²) in [6.45, 7) is 5.32. The summed E-state index contributed by atoms with van der Waals surface area (Å²) in [5.74, 6) is 3.50. The summed E-state index contributed by atoms with van der Waals surface area (Å²) in [6, 6.07) is 8.57. The first-order chi connectivity index (χ1) is 13.1. The maximum Gasteiger partial charge on any atom is 0.191 e. The van der Waals surface area contributed by atoms with Crippen molar-refractivity contribution in [3.63, 3.8) is 0 Å². The number of benzene rings is 1. The van der Waals surface area contributed by atoms with E-state index in [0.717, 1.165) is 62.1 Å². The second kappa shape index (κ2) is 11.3. The normalized spacial score (nSPS) is 25.2. The van der Waals surface area contributed by atoms with Crippen molar-refractivity contribution in [2.75, 3.05) is 49.7 Å². The lowest BCUT2D eigenvalue weighted by Gasteiger charge is -2.35. The van der Waals surface area contributed by atoms with Crippen molar-refractivity contribution >= 4 is 47.4 Å². The molecule has 2 fully saturated rings. The Labute approximate surface area is 189 Å². The van der Waals surface area contributed by atoms with E-state index in [1.165, 1.54) is 5.69 Å². The third kappa shape index (κ3) is 6.59. The number of nitrogens with one attached hydrogen (secondary N) is 2. The highest BCUT2D eigenvalue weighted by Crippen LogP contribution is 2.28. The number of guanidine groups is 1. The standard InChI is InChI=1S/C20H32N4O2S.HI/c1-3-21-19(22-14-20(25)9-11-27-15-20)23-16-6-5-10-24(13-16)17-7-4-8-18(12-17)26-2;/h4,7-8,12,16,25H,3,5-6,9-11,13-15H2,1-2H3,(H2,21,22,23);1H. The maximum absolute atomic E-state index is 10.6. The molecule has 2 atom stereocenters. The number of methoxy groups -OCH3 is 1. The van der Waals surface area contributed by atoms with E-state index in [9.17, 15) is 5.11 Å². The van der Waals surface area contributed by atoms with Crippen LogP contribution in [-0.4, -0.2) is 67.5 Å². The third-order valence-corrected chi connectivity index (χ3v) is 6.37. The smallest absolute Gasteiger partial charge is 0.191 e. The molecule has 3 rings (SSSR count). The molecule has 0 radical (unpaired) electrons. The fourth-order valence-corrected chi connectivity index (χ4v) is 4.88. The summed E-state index contributed by atoms with van der Waals surface area (Å²) in [6.07, 6.45) is 3.08. The molecule has 2 heterocycles. The molecule has 2 aliphatic heterocycles. The molecule has 0 bridgehead atoms. The van der Waals surface area contributed by atoms with Gasteiger partial charge in [-0.05, 0) is 44.1 Å². The van der Waals surface area contributed by atoms with Gasteiger partial charge in [-0.1, -0.05) is 6.07 Å². The summed E-state index contributed by atoms with van der Waals surface area (Å²) in [5, 5.41) is 17.5. The number of thioether (sulfide) groups is 1. The molecule has 0 saturated carbocycles. The number of halogens is 1. The van der Waals surface area contributed by atoms with Crippen LogP contribution in [-0.2, 0) is 0 Å². The molecule has 8 heteroatoms. The summed E-state index contributed by atoms with van der Waals surface area (Å²) in [4.78, 5) is 7.08. The largest absolute Gasteiger partial charge is 0.497 e. The first-order valence-electron chi connectivity index (χ1n) is 9.86.